The van der Waals surface area contributed by atoms with E-state index in [1.807, 2.05) is 30.3 Å². The number of hydrogen-bond acceptors (Lipinski definition) is 7. The molecule has 3 heterocycles. The van der Waals surface area contributed by atoms with Crippen molar-refractivity contribution in [2.24, 2.45) is 0 Å². The molecule has 0 aliphatic carbocycles. The maximum atomic E-state index is 12.8. The lowest BCUT2D eigenvalue weighted by molar-refractivity contribution is 0.0973. The third-order valence-corrected chi connectivity index (χ3v) is 5.18. The van der Waals surface area contributed by atoms with Crippen LogP contribution in [0.3, 0.4) is 0 Å². The number of benzene rings is 2. The fraction of sp³-hybridized carbons (Fsp3) is 0.0870. The number of Topliss-reactive ketones (excluding diaryl/α,β-unsaturated/α-hetero) is 1. The van der Waals surface area contributed by atoms with Gasteiger partial charge in [0.05, 0.1) is 37.4 Å². The van der Waals surface area contributed by atoms with Gasteiger partial charge in [0, 0.05) is 10.9 Å². The van der Waals surface area contributed by atoms with Crippen LogP contribution in [0.5, 0.6) is 5.75 Å². The molecular weight excluding hydrogens is 428 g/mol. The van der Waals surface area contributed by atoms with Crippen molar-refractivity contribution in [3.8, 4) is 5.75 Å². The first-order chi connectivity index (χ1) is 15.6. The molecule has 0 fully saturated rings. The number of imidazole rings is 1. The predicted octanol–water partition coefficient (Wildman–Crippen LogP) is 4.66. The van der Waals surface area contributed by atoms with Crippen molar-refractivity contribution in [2.45, 2.75) is 6.54 Å². The van der Waals surface area contributed by atoms with Crippen LogP contribution in [0.1, 0.15) is 10.4 Å². The van der Waals surface area contributed by atoms with E-state index in [1.165, 1.54) is 0 Å². The summed E-state index contributed by atoms with van der Waals surface area (Å²) in [6, 6.07) is 16.7. The zero-order valence-corrected chi connectivity index (χ0v) is 17.7. The Morgan fingerprint density at radius 1 is 1.09 bits per heavy atom. The van der Waals surface area contributed by atoms with Gasteiger partial charge in [-0.15, -0.1) is 0 Å². The van der Waals surface area contributed by atoms with E-state index in [0.29, 0.717) is 28.3 Å². The highest BCUT2D eigenvalue weighted by molar-refractivity contribution is 6.28. The zero-order chi connectivity index (χ0) is 22.1. The lowest BCUT2D eigenvalue weighted by atomic mass is 10.1. The van der Waals surface area contributed by atoms with Crippen molar-refractivity contribution < 1.29 is 9.53 Å². The summed E-state index contributed by atoms with van der Waals surface area (Å²) in [6.45, 7) is 0.0626. The number of carbonyl (C=O) groups excluding carboxylic acids is 1. The molecule has 5 aromatic rings. The third-order valence-electron chi connectivity index (χ3n) is 5.02. The molecule has 9 heteroatoms. The van der Waals surface area contributed by atoms with E-state index in [1.54, 1.807) is 48.5 Å². The Bertz CT molecular complexity index is 1450. The Kier molecular flexibility index (Phi) is 5.12. The molecule has 0 amide bonds. The Morgan fingerprint density at radius 2 is 1.91 bits per heavy atom. The van der Waals surface area contributed by atoms with Gasteiger partial charge >= 0.3 is 0 Å². The van der Waals surface area contributed by atoms with E-state index >= 15 is 0 Å². The number of aromatic nitrogens is 5. The van der Waals surface area contributed by atoms with Gasteiger partial charge in [0.1, 0.15) is 5.75 Å². The number of methoxy groups -OCH3 is 1. The first-order valence-electron chi connectivity index (χ1n) is 9.78. The van der Waals surface area contributed by atoms with E-state index in [9.17, 15) is 4.79 Å². The zero-order valence-electron chi connectivity index (χ0n) is 17.0. The molecule has 158 valence electrons. The Labute approximate surface area is 187 Å². The molecule has 1 N–H and O–H groups in total. The van der Waals surface area contributed by atoms with Crippen LogP contribution < -0.4 is 10.1 Å². The molecule has 0 saturated carbocycles. The first-order valence-corrected chi connectivity index (χ1v) is 10.2. The average molecular weight is 445 g/mol. The minimum atomic E-state index is -0.0880. The number of ether oxygens (including phenoxy) is 1. The van der Waals surface area contributed by atoms with Crippen molar-refractivity contribution >= 4 is 51.0 Å². The molecule has 0 atom stereocenters. The van der Waals surface area contributed by atoms with Gasteiger partial charge in [0.15, 0.2) is 22.8 Å². The molecule has 0 bridgehead atoms. The summed E-state index contributed by atoms with van der Waals surface area (Å²) in [7, 11) is 1.58. The fourth-order valence-electron chi connectivity index (χ4n) is 3.42. The summed E-state index contributed by atoms with van der Waals surface area (Å²) in [6.07, 6.45) is 3.27. The number of halogens is 1. The Balaban J connectivity index is 1.45. The van der Waals surface area contributed by atoms with Crippen LogP contribution in [0, 0.1) is 0 Å². The second-order valence-electron chi connectivity index (χ2n) is 7.08. The summed E-state index contributed by atoms with van der Waals surface area (Å²) in [5.41, 5.74) is 3.16. The number of pyridine rings is 1. The molecule has 5 rings (SSSR count). The topological polar surface area (TPSA) is 94.8 Å². The quantitative estimate of drug-likeness (QED) is 0.300. The molecule has 0 saturated heterocycles. The van der Waals surface area contributed by atoms with Crippen molar-refractivity contribution in [1.29, 1.82) is 0 Å². The van der Waals surface area contributed by atoms with Crippen LogP contribution in [0.25, 0.3) is 22.1 Å². The Morgan fingerprint density at radius 3 is 2.72 bits per heavy atom. The maximum absolute atomic E-state index is 12.8. The summed E-state index contributed by atoms with van der Waals surface area (Å²) >= 11 is 6.18. The number of fused-ring (bicyclic) bond motifs is 2. The minimum Gasteiger partial charge on any atom is -0.497 e. The standard InChI is InChI=1S/C23H17ClN6O2/c1-32-17-8-6-14(7-9-17)19(31)12-30-13-26-20-21(28-23(24)29-22(20)30)27-16-10-15-4-2-3-5-18(15)25-11-16/h2-11,13H,12H2,1H3,(H,27,28,29). The molecule has 3 aromatic heterocycles. The van der Waals surface area contributed by atoms with Gasteiger partial charge in [0.25, 0.3) is 0 Å². The van der Waals surface area contributed by atoms with Gasteiger partial charge in [0.2, 0.25) is 5.28 Å². The van der Waals surface area contributed by atoms with E-state index in [4.69, 9.17) is 16.3 Å². The number of nitrogens with one attached hydrogen (secondary N) is 1. The van der Waals surface area contributed by atoms with E-state index < -0.39 is 0 Å². The lowest BCUT2D eigenvalue weighted by Crippen LogP contribution is -2.10. The summed E-state index contributed by atoms with van der Waals surface area (Å²) in [4.78, 5) is 30.2. The van der Waals surface area contributed by atoms with Gasteiger partial charge in [-0.25, -0.2) is 4.98 Å². The molecule has 0 aliphatic rings. The average Bonchev–Trinajstić information content (AvgIpc) is 3.21. The van der Waals surface area contributed by atoms with Crippen LogP contribution in [0.2, 0.25) is 5.28 Å². The minimum absolute atomic E-state index is 0.0485. The van der Waals surface area contributed by atoms with E-state index in [0.717, 1.165) is 16.6 Å². The van der Waals surface area contributed by atoms with Gasteiger partial charge in [-0.05, 0) is 48.0 Å². The summed E-state index contributed by atoms with van der Waals surface area (Å²) in [5, 5.41) is 4.26. The van der Waals surface area contributed by atoms with Gasteiger partial charge < -0.3 is 14.6 Å². The maximum Gasteiger partial charge on any atom is 0.226 e. The number of carbonyl (C=O) groups is 1. The highest BCUT2D eigenvalue weighted by Crippen LogP contribution is 2.26. The smallest absolute Gasteiger partial charge is 0.226 e. The second-order valence-corrected chi connectivity index (χ2v) is 7.42. The van der Waals surface area contributed by atoms with Crippen molar-refractivity contribution in [3.63, 3.8) is 0 Å². The van der Waals surface area contributed by atoms with Crippen LogP contribution in [-0.4, -0.2) is 37.4 Å². The number of anilines is 2. The van der Waals surface area contributed by atoms with E-state index in [2.05, 4.69) is 25.3 Å². The molecule has 2 aromatic carbocycles. The number of rotatable bonds is 6. The second kappa shape index (κ2) is 8.24. The van der Waals surface area contributed by atoms with Crippen LogP contribution in [0.4, 0.5) is 11.5 Å². The molecular formula is C23H17ClN6O2. The summed E-state index contributed by atoms with van der Waals surface area (Å²) < 4.78 is 6.79. The normalized spacial score (nSPS) is 11.1. The number of hydrogen-bond donors (Lipinski definition) is 1. The monoisotopic (exact) mass is 444 g/mol. The molecule has 0 radical (unpaired) electrons. The van der Waals surface area contributed by atoms with Crippen LogP contribution in [0.15, 0.2) is 67.1 Å². The number of ketones is 1. The van der Waals surface area contributed by atoms with Crippen molar-refractivity contribution in [3.05, 3.63) is 78.0 Å². The Hall–Kier alpha value is -4.04. The van der Waals surface area contributed by atoms with Gasteiger partial charge in [-0.2, -0.15) is 9.97 Å². The molecule has 0 spiro atoms. The van der Waals surface area contributed by atoms with Crippen LogP contribution in [-0.2, 0) is 6.54 Å². The van der Waals surface area contributed by atoms with Crippen molar-refractivity contribution in [1.82, 2.24) is 24.5 Å². The van der Waals surface area contributed by atoms with Crippen LogP contribution >= 0.6 is 11.6 Å². The van der Waals surface area contributed by atoms with Gasteiger partial charge in [-0.3, -0.25) is 9.78 Å². The largest absolute Gasteiger partial charge is 0.497 e. The number of nitrogens with zero attached hydrogens (tertiary/aromatic N) is 5. The number of para-hydroxylation sites is 1. The predicted molar refractivity (Wildman–Crippen MR) is 123 cm³/mol. The lowest BCUT2D eigenvalue weighted by Gasteiger charge is -2.08. The third kappa shape index (κ3) is 3.83. The van der Waals surface area contributed by atoms with Gasteiger partial charge in [-0.1, -0.05) is 18.2 Å². The summed E-state index contributed by atoms with van der Waals surface area (Å²) in [5.74, 6) is 1.04. The first kappa shape index (κ1) is 19.9. The van der Waals surface area contributed by atoms with Crippen molar-refractivity contribution in [2.75, 3.05) is 12.4 Å². The molecule has 8 nitrogen and oxygen atoms in total. The molecule has 0 unspecified atom stereocenters. The SMILES string of the molecule is COc1ccc(C(=O)Cn2cnc3c(Nc4cnc5ccccc5c4)nc(Cl)nc32)cc1. The molecule has 0 aliphatic heterocycles. The van der Waals surface area contributed by atoms with E-state index in [-0.39, 0.29) is 17.6 Å². The fourth-order valence-corrected chi connectivity index (χ4v) is 3.58. The molecule has 32 heavy (non-hydrogen) atoms. The highest BCUT2D eigenvalue weighted by atomic mass is 35.5. The highest BCUT2D eigenvalue weighted by Gasteiger charge is 2.16.